The van der Waals surface area contributed by atoms with Crippen molar-refractivity contribution in [2.45, 2.75) is 9.10 Å². The van der Waals surface area contributed by atoms with E-state index in [2.05, 4.69) is 9.44 Å². The fourth-order valence-corrected chi connectivity index (χ4v) is 5.85. The SMILES string of the molecule is O=c1ccc2cc(S(=O)(=O)Nc3cc(Cl)c(Cl)cc3N[S+]([O-])c3cccs3)ccc2o1. The van der Waals surface area contributed by atoms with Gasteiger partial charge in [0, 0.05) is 17.5 Å². The van der Waals surface area contributed by atoms with E-state index in [0.717, 1.165) is 0 Å². The lowest BCUT2D eigenvalue weighted by molar-refractivity contribution is 0.560. The first-order valence-corrected chi connectivity index (χ1v) is 12.8. The summed E-state index contributed by atoms with van der Waals surface area (Å²) >= 11 is 11.8. The summed E-state index contributed by atoms with van der Waals surface area (Å²) < 4.78 is 49.3. The summed E-state index contributed by atoms with van der Waals surface area (Å²) in [5.74, 6) is 0. The lowest BCUT2D eigenvalue weighted by Crippen LogP contribution is -2.17. The molecule has 0 spiro atoms. The monoisotopic (exact) mass is 514 g/mol. The van der Waals surface area contributed by atoms with Gasteiger partial charge in [-0.3, -0.25) is 4.72 Å². The maximum atomic E-state index is 13.0. The van der Waals surface area contributed by atoms with Gasteiger partial charge in [-0.2, -0.15) is 0 Å². The van der Waals surface area contributed by atoms with Gasteiger partial charge in [0.05, 0.1) is 20.6 Å². The number of fused-ring (bicyclic) bond motifs is 1. The lowest BCUT2D eigenvalue weighted by Gasteiger charge is -2.16. The molecule has 0 saturated heterocycles. The quantitative estimate of drug-likeness (QED) is 0.273. The van der Waals surface area contributed by atoms with Crippen LogP contribution in [0.25, 0.3) is 11.0 Å². The van der Waals surface area contributed by atoms with Crippen LogP contribution in [0, 0.1) is 0 Å². The predicted octanol–water partition coefficient (Wildman–Crippen LogP) is 5.10. The summed E-state index contributed by atoms with van der Waals surface area (Å²) in [6.07, 6.45) is 0. The zero-order chi connectivity index (χ0) is 22.2. The van der Waals surface area contributed by atoms with Gasteiger partial charge in [-0.05, 0) is 47.8 Å². The topological polar surface area (TPSA) is 111 Å². The minimum atomic E-state index is -4.06. The molecule has 0 aliphatic rings. The Balaban J connectivity index is 1.69. The number of halogens is 2. The molecule has 1 atom stereocenters. The van der Waals surface area contributed by atoms with E-state index in [9.17, 15) is 17.8 Å². The first-order valence-electron chi connectivity index (χ1n) is 8.51. The van der Waals surface area contributed by atoms with Gasteiger partial charge in [0.15, 0.2) is 0 Å². The molecule has 4 aromatic rings. The molecule has 160 valence electrons. The van der Waals surface area contributed by atoms with Gasteiger partial charge in [-0.15, -0.1) is 0 Å². The number of sulfonamides is 1. The van der Waals surface area contributed by atoms with Crippen LogP contribution in [0.1, 0.15) is 0 Å². The van der Waals surface area contributed by atoms with Gasteiger partial charge in [0.2, 0.25) is 4.21 Å². The molecule has 0 amide bonds. The third kappa shape index (κ3) is 4.84. The summed E-state index contributed by atoms with van der Waals surface area (Å²) in [6.45, 7) is 0. The highest BCUT2D eigenvalue weighted by molar-refractivity contribution is 7.94. The van der Waals surface area contributed by atoms with Crippen molar-refractivity contribution >= 4 is 78.3 Å². The van der Waals surface area contributed by atoms with Gasteiger partial charge in [-0.1, -0.05) is 34.5 Å². The van der Waals surface area contributed by atoms with Crippen LogP contribution in [0.5, 0.6) is 0 Å². The zero-order valence-electron chi connectivity index (χ0n) is 15.3. The molecule has 0 aliphatic carbocycles. The van der Waals surface area contributed by atoms with Crippen molar-refractivity contribution in [2.24, 2.45) is 0 Å². The highest BCUT2D eigenvalue weighted by atomic mass is 35.5. The molecule has 12 heteroatoms. The highest BCUT2D eigenvalue weighted by Crippen LogP contribution is 2.35. The van der Waals surface area contributed by atoms with Gasteiger partial charge in [0.25, 0.3) is 10.0 Å². The van der Waals surface area contributed by atoms with E-state index in [1.807, 2.05) is 0 Å². The zero-order valence-corrected chi connectivity index (χ0v) is 19.3. The number of nitrogens with one attached hydrogen (secondary N) is 2. The Bertz CT molecular complexity index is 1420. The Morgan fingerprint density at radius 3 is 2.45 bits per heavy atom. The minimum Gasteiger partial charge on any atom is -0.587 e. The Morgan fingerprint density at radius 2 is 1.74 bits per heavy atom. The maximum absolute atomic E-state index is 13.0. The van der Waals surface area contributed by atoms with Crippen LogP contribution in [0.4, 0.5) is 11.4 Å². The van der Waals surface area contributed by atoms with E-state index in [0.29, 0.717) is 9.60 Å². The van der Waals surface area contributed by atoms with E-state index >= 15 is 0 Å². The minimum absolute atomic E-state index is 0.0646. The molecule has 0 saturated carbocycles. The third-order valence-corrected chi connectivity index (χ3v) is 8.48. The molecular weight excluding hydrogens is 503 g/mol. The Kier molecular flexibility index (Phi) is 6.20. The highest BCUT2D eigenvalue weighted by Gasteiger charge is 2.21. The summed E-state index contributed by atoms with van der Waals surface area (Å²) in [7, 11) is -4.06. The van der Waals surface area contributed by atoms with Crippen molar-refractivity contribution < 1.29 is 17.4 Å². The average Bonchev–Trinajstić information content (AvgIpc) is 3.26. The molecule has 2 aromatic heterocycles. The van der Waals surface area contributed by atoms with Crippen molar-refractivity contribution in [2.75, 3.05) is 9.44 Å². The molecule has 4 rings (SSSR count). The molecule has 2 heterocycles. The predicted molar refractivity (Wildman–Crippen MR) is 124 cm³/mol. The van der Waals surface area contributed by atoms with Crippen LogP contribution in [0.15, 0.2) is 78.3 Å². The van der Waals surface area contributed by atoms with Crippen LogP contribution in [0.3, 0.4) is 0 Å². The van der Waals surface area contributed by atoms with E-state index in [1.165, 1.54) is 53.8 Å². The van der Waals surface area contributed by atoms with Gasteiger partial charge < -0.3 is 8.97 Å². The molecular formula is C19H12Cl2N2O5S3. The normalized spacial score (nSPS) is 12.6. The number of hydrogen-bond acceptors (Lipinski definition) is 7. The molecule has 0 fully saturated rings. The maximum Gasteiger partial charge on any atom is 0.336 e. The van der Waals surface area contributed by atoms with Crippen molar-refractivity contribution in [3.63, 3.8) is 0 Å². The number of benzene rings is 2. The van der Waals surface area contributed by atoms with Gasteiger partial charge in [0.1, 0.15) is 22.6 Å². The number of hydrogen-bond donors (Lipinski definition) is 2. The largest absolute Gasteiger partial charge is 0.587 e. The van der Waals surface area contributed by atoms with Crippen LogP contribution in [-0.4, -0.2) is 13.0 Å². The van der Waals surface area contributed by atoms with Crippen LogP contribution in [-0.2, 0) is 21.4 Å². The molecule has 0 aliphatic heterocycles. The molecule has 2 aromatic carbocycles. The molecule has 0 radical (unpaired) electrons. The smallest absolute Gasteiger partial charge is 0.336 e. The first-order chi connectivity index (χ1) is 14.7. The van der Waals surface area contributed by atoms with E-state index in [4.69, 9.17) is 27.6 Å². The molecule has 0 bridgehead atoms. The van der Waals surface area contributed by atoms with Crippen molar-refractivity contribution in [1.82, 2.24) is 0 Å². The van der Waals surface area contributed by atoms with E-state index in [1.54, 1.807) is 17.5 Å². The summed E-state index contributed by atoms with van der Waals surface area (Å²) in [4.78, 5) is 11.3. The van der Waals surface area contributed by atoms with Crippen LogP contribution in [0.2, 0.25) is 10.0 Å². The third-order valence-electron chi connectivity index (χ3n) is 4.09. The summed E-state index contributed by atoms with van der Waals surface area (Å²) in [5.41, 5.74) is -0.0170. The summed E-state index contributed by atoms with van der Waals surface area (Å²) in [6, 6.07) is 12.9. The van der Waals surface area contributed by atoms with Crippen molar-refractivity contribution in [3.8, 4) is 0 Å². The molecule has 2 N–H and O–H groups in total. The lowest BCUT2D eigenvalue weighted by atomic mass is 10.2. The Hall–Kier alpha value is -2.21. The van der Waals surface area contributed by atoms with E-state index in [-0.39, 0.29) is 31.9 Å². The molecule has 7 nitrogen and oxygen atoms in total. The van der Waals surface area contributed by atoms with Crippen molar-refractivity contribution in [3.05, 3.63) is 80.4 Å². The molecule has 1 unspecified atom stereocenters. The van der Waals surface area contributed by atoms with Crippen molar-refractivity contribution in [1.29, 1.82) is 0 Å². The number of rotatable bonds is 6. The molecule has 31 heavy (non-hydrogen) atoms. The van der Waals surface area contributed by atoms with Gasteiger partial charge >= 0.3 is 5.63 Å². The average molecular weight is 515 g/mol. The second kappa shape index (κ2) is 8.73. The standard InChI is InChI=1S/C19H12Cl2N2O5S3/c20-13-9-15(22-30(25)19-2-1-7-29-19)16(10-14(13)21)23-31(26,27)12-4-5-17-11(8-12)3-6-18(24)28-17/h1-10,22-23H. The fraction of sp³-hybridized carbons (Fsp3) is 0. The van der Waals surface area contributed by atoms with Gasteiger partial charge in [-0.25, -0.2) is 17.9 Å². The second-order valence-corrected chi connectivity index (χ2v) is 11.1. The fourth-order valence-electron chi connectivity index (χ4n) is 2.66. The first kappa shape index (κ1) is 22.0. The Labute approximate surface area is 194 Å². The Morgan fingerprint density at radius 1 is 1.00 bits per heavy atom. The summed E-state index contributed by atoms with van der Waals surface area (Å²) in [5, 5.41) is 2.49. The van der Waals surface area contributed by atoms with Crippen LogP contribution < -0.4 is 15.1 Å². The van der Waals surface area contributed by atoms with Crippen LogP contribution >= 0.6 is 34.5 Å². The number of anilines is 2. The number of thiophene rings is 1. The van der Waals surface area contributed by atoms with E-state index < -0.39 is 27.0 Å². The second-order valence-electron chi connectivity index (χ2n) is 6.17.